The monoisotopic (exact) mass is 377 g/mol. The lowest BCUT2D eigenvalue weighted by atomic mass is 10.00. The Morgan fingerprint density at radius 2 is 1.68 bits per heavy atom. The molecule has 0 radical (unpaired) electrons. The van der Waals surface area contributed by atoms with Crippen molar-refractivity contribution in [3.05, 3.63) is 65.7 Å². The van der Waals surface area contributed by atoms with Crippen molar-refractivity contribution in [2.24, 2.45) is 0 Å². The smallest absolute Gasteiger partial charge is 0.251 e. The minimum Gasteiger partial charge on any atom is -0.372 e. The molecular formula is C24H31N3O. The summed E-state index contributed by atoms with van der Waals surface area (Å²) >= 11 is 0. The van der Waals surface area contributed by atoms with Crippen LogP contribution in [-0.2, 0) is 0 Å². The second-order valence-corrected chi connectivity index (χ2v) is 8.11. The highest BCUT2D eigenvalue weighted by atomic mass is 16.1. The zero-order chi connectivity index (χ0) is 19.3. The normalized spacial score (nSPS) is 19.5. The van der Waals surface area contributed by atoms with E-state index < -0.39 is 0 Å². The molecule has 2 aromatic carbocycles. The van der Waals surface area contributed by atoms with Gasteiger partial charge in [-0.05, 0) is 56.4 Å². The van der Waals surface area contributed by atoms with E-state index in [0.29, 0.717) is 6.04 Å². The molecule has 2 aliphatic rings. The average Bonchev–Trinajstić information content (AvgIpc) is 3.29. The van der Waals surface area contributed by atoms with Gasteiger partial charge in [0.05, 0.1) is 0 Å². The first-order valence-electron chi connectivity index (χ1n) is 10.7. The molecule has 2 aromatic rings. The highest BCUT2D eigenvalue weighted by molar-refractivity contribution is 5.95. The first-order chi connectivity index (χ1) is 13.7. The first kappa shape index (κ1) is 19.0. The zero-order valence-corrected chi connectivity index (χ0v) is 16.8. The van der Waals surface area contributed by atoms with Crippen molar-refractivity contribution >= 4 is 11.6 Å². The predicted octanol–water partition coefficient (Wildman–Crippen LogP) is 4.24. The van der Waals surface area contributed by atoms with Crippen molar-refractivity contribution in [3.63, 3.8) is 0 Å². The number of hydrogen-bond acceptors (Lipinski definition) is 3. The number of rotatable bonds is 5. The van der Waals surface area contributed by atoms with Crippen molar-refractivity contribution in [2.45, 2.75) is 44.7 Å². The lowest BCUT2D eigenvalue weighted by molar-refractivity contribution is 0.0896. The fourth-order valence-electron chi connectivity index (χ4n) is 4.46. The maximum absolute atomic E-state index is 12.8. The van der Waals surface area contributed by atoms with E-state index >= 15 is 0 Å². The third-order valence-corrected chi connectivity index (χ3v) is 6.27. The minimum atomic E-state index is 0.0654. The van der Waals surface area contributed by atoms with Crippen LogP contribution >= 0.6 is 0 Å². The second kappa shape index (κ2) is 8.78. The zero-order valence-electron chi connectivity index (χ0n) is 16.8. The van der Waals surface area contributed by atoms with Crippen molar-refractivity contribution in [3.8, 4) is 0 Å². The lowest BCUT2D eigenvalue weighted by Gasteiger charge is -2.36. The molecule has 28 heavy (non-hydrogen) atoms. The van der Waals surface area contributed by atoms with Gasteiger partial charge in [0.25, 0.3) is 5.91 Å². The number of benzene rings is 2. The number of nitrogens with one attached hydrogen (secondary N) is 1. The summed E-state index contributed by atoms with van der Waals surface area (Å²) in [6.07, 6.45) is 4.51. The van der Waals surface area contributed by atoms with Crippen molar-refractivity contribution < 1.29 is 4.79 Å². The Morgan fingerprint density at radius 1 is 0.964 bits per heavy atom. The van der Waals surface area contributed by atoms with Gasteiger partial charge in [-0.2, -0.15) is 0 Å². The van der Waals surface area contributed by atoms with E-state index in [4.69, 9.17) is 0 Å². The molecule has 0 bridgehead atoms. The molecule has 0 aliphatic carbocycles. The minimum absolute atomic E-state index is 0.0654. The van der Waals surface area contributed by atoms with Crippen LogP contribution in [0, 0.1) is 0 Å². The van der Waals surface area contributed by atoms with Crippen LogP contribution in [0.5, 0.6) is 0 Å². The quantitative estimate of drug-likeness (QED) is 0.846. The average molecular weight is 378 g/mol. The van der Waals surface area contributed by atoms with Gasteiger partial charge in [0, 0.05) is 49.5 Å². The molecule has 2 heterocycles. The summed E-state index contributed by atoms with van der Waals surface area (Å²) in [6, 6.07) is 19.5. The van der Waals surface area contributed by atoms with Crippen LogP contribution in [0.2, 0.25) is 0 Å². The van der Waals surface area contributed by atoms with Crippen LogP contribution in [0.15, 0.2) is 54.6 Å². The molecule has 1 amide bonds. The summed E-state index contributed by atoms with van der Waals surface area (Å²) in [5, 5.41) is 3.27. The van der Waals surface area contributed by atoms with Crippen molar-refractivity contribution in [2.75, 3.05) is 31.1 Å². The van der Waals surface area contributed by atoms with E-state index in [1.54, 1.807) is 0 Å². The molecule has 1 atom stereocenters. The van der Waals surface area contributed by atoms with Crippen LogP contribution < -0.4 is 10.2 Å². The maximum Gasteiger partial charge on any atom is 0.251 e. The number of carbonyl (C=O) groups is 1. The summed E-state index contributed by atoms with van der Waals surface area (Å²) in [5.74, 6) is 0.0654. The molecule has 1 N–H and O–H groups in total. The summed E-state index contributed by atoms with van der Waals surface area (Å²) in [5.41, 5.74) is 3.32. The lowest BCUT2D eigenvalue weighted by Crippen LogP contribution is -2.45. The number of hydrogen-bond donors (Lipinski definition) is 1. The van der Waals surface area contributed by atoms with Crippen molar-refractivity contribution in [1.29, 1.82) is 0 Å². The molecule has 2 aliphatic heterocycles. The van der Waals surface area contributed by atoms with Gasteiger partial charge in [0.2, 0.25) is 0 Å². The standard InChI is InChI=1S/C24H31N3O/c1-19(20-8-3-2-4-9-20)26-16-12-22(13-17-26)25-24(28)21-10-7-11-23(18-21)27-14-5-6-15-27/h2-4,7-11,18-19,22H,5-6,12-17H2,1H3,(H,25,28). The Hall–Kier alpha value is -2.33. The molecule has 4 rings (SSSR count). The van der Waals surface area contributed by atoms with Gasteiger partial charge in [-0.3, -0.25) is 9.69 Å². The number of nitrogens with zero attached hydrogens (tertiary/aromatic N) is 2. The van der Waals surface area contributed by atoms with Crippen LogP contribution in [0.4, 0.5) is 5.69 Å². The molecule has 1 unspecified atom stereocenters. The summed E-state index contributed by atoms with van der Waals surface area (Å²) < 4.78 is 0. The molecule has 0 aromatic heterocycles. The molecule has 4 heteroatoms. The summed E-state index contributed by atoms with van der Waals surface area (Å²) in [6.45, 7) is 6.52. The third-order valence-electron chi connectivity index (χ3n) is 6.27. The SMILES string of the molecule is CC(c1ccccc1)N1CCC(NC(=O)c2cccc(N3CCCC3)c2)CC1. The van der Waals surface area contributed by atoms with Gasteiger partial charge < -0.3 is 10.2 Å². The van der Waals surface area contributed by atoms with Gasteiger partial charge >= 0.3 is 0 Å². The summed E-state index contributed by atoms with van der Waals surface area (Å²) in [7, 11) is 0. The number of carbonyl (C=O) groups excluding carboxylic acids is 1. The van der Waals surface area contributed by atoms with Gasteiger partial charge in [-0.25, -0.2) is 0 Å². The van der Waals surface area contributed by atoms with Gasteiger partial charge in [-0.15, -0.1) is 0 Å². The van der Waals surface area contributed by atoms with Crippen LogP contribution in [0.25, 0.3) is 0 Å². The number of anilines is 1. The fourth-order valence-corrected chi connectivity index (χ4v) is 4.46. The predicted molar refractivity (Wildman–Crippen MR) is 115 cm³/mol. The van der Waals surface area contributed by atoms with Gasteiger partial charge in [-0.1, -0.05) is 36.4 Å². The molecule has 2 fully saturated rings. The van der Waals surface area contributed by atoms with Gasteiger partial charge in [0.15, 0.2) is 0 Å². The molecular weight excluding hydrogens is 346 g/mol. The van der Waals surface area contributed by atoms with E-state index in [9.17, 15) is 4.79 Å². The highest BCUT2D eigenvalue weighted by Crippen LogP contribution is 2.25. The van der Waals surface area contributed by atoms with Crippen LogP contribution in [-0.4, -0.2) is 43.0 Å². The topological polar surface area (TPSA) is 35.6 Å². The van der Waals surface area contributed by atoms with Crippen molar-refractivity contribution in [1.82, 2.24) is 10.2 Å². The number of piperidine rings is 1. The first-order valence-corrected chi connectivity index (χ1v) is 10.7. The van der Waals surface area contributed by atoms with Gasteiger partial charge in [0.1, 0.15) is 0 Å². The van der Waals surface area contributed by atoms with E-state index in [0.717, 1.165) is 44.6 Å². The van der Waals surface area contributed by atoms with E-state index in [1.165, 1.54) is 24.1 Å². The van der Waals surface area contributed by atoms with Crippen LogP contribution in [0.3, 0.4) is 0 Å². The summed E-state index contributed by atoms with van der Waals surface area (Å²) in [4.78, 5) is 17.7. The molecule has 4 nitrogen and oxygen atoms in total. The molecule has 148 valence electrons. The third kappa shape index (κ3) is 4.39. The van der Waals surface area contributed by atoms with E-state index in [2.05, 4.69) is 58.4 Å². The highest BCUT2D eigenvalue weighted by Gasteiger charge is 2.25. The van der Waals surface area contributed by atoms with E-state index in [-0.39, 0.29) is 11.9 Å². The Kier molecular flexibility index (Phi) is 5.96. The fraction of sp³-hybridized carbons (Fsp3) is 0.458. The number of likely N-dealkylation sites (tertiary alicyclic amines) is 1. The Labute approximate surface area is 168 Å². The Morgan fingerprint density at radius 3 is 2.39 bits per heavy atom. The molecule has 0 spiro atoms. The van der Waals surface area contributed by atoms with E-state index in [1.807, 2.05) is 18.2 Å². The maximum atomic E-state index is 12.8. The molecule has 2 saturated heterocycles. The second-order valence-electron chi connectivity index (χ2n) is 8.11. The molecule has 0 saturated carbocycles. The largest absolute Gasteiger partial charge is 0.372 e. The Balaban J connectivity index is 1.31. The van der Waals surface area contributed by atoms with Crippen LogP contribution in [0.1, 0.15) is 54.6 Å². The number of amides is 1. The Bertz CT molecular complexity index is 777.